The molecule has 208 valence electrons. The van der Waals surface area contributed by atoms with Crippen molar-refractivity contribution < 1.29 is 4.79 Å². The Morgan fingerprint density at radius 3 is 2.55 bits per heavy atom. The third-order valence-electron chi connectivity index (χ3n) is 7.20. The monoisotopic (exact) mass is 541 g/mol. The highest BCUT2D eigenvalue weighted by atomic mass is 16.2. The van der Waals surface area contributed by atoms with Crippen LogP contribution < -0.4 is 26.8 Å². The molecule has 5 rings (SSSR count). The van der Waals surface area contributed by atoms with E-state index in [4.69, 9.17) is 10.4 Å². The molecule has 0 radical (unpaired) electrons. The van der Waals surface area contributed by atoms with Crippen LogP contribution in [0.3, 0.4) is 0 Å². The molecule has 3 heterocycles. The minimum absolute atomic E-state index is 0.0436. The van der Waals surface area contributed by atoms with Crippen LogP contribution in [-0.4, -0.2) is 39.4 Å². The van der Waals surface area contributed by atoms with Crippen LogP contribution in [0.2, 0.25) is 0 Å². The van der Waals surface area contributed by atoms with Crippen molar-refractivity contribution in [3.63, 3.8) is 0 Å². The molecule has 1 aliphatic carbocycles. The van der Waals surface area contributed by atoms with Gasteiger partial charge >= 0.3 is 6.03 Å². The van der Waals surface area contributed by atoms with E-state index in [1.54, 1.807) is 40.6 Å². The average Bonchev–Trinajstić information content (AvgIpc) is 3.53. The second-order valence-corrected chi connectivity index (χ2v) is 11.6. The molecule has 4 N–H and O–H groups in total. The minimum Gasteiger partial charge on any atom is -0.359 e. The molecule has 1 aromatic carbocycles. The summed E-state index contributed by atoms with van der Waals surface area (Å²) >= 11 is 0. The van der Waals surface area contributed by atoms with Crippen LogP contribution in [0.5, 0.6) is 0 Å². The number of pyridine rings is 1. The van der Waals surface area contributed by atoms with E-state index in [2.05, 4.69) is 53.1 Å². The maximum Gasteiger partial charge on any atom is 0.320 e. The van der Waals surface area contributed by atoms with Gasteiger partial charge < -0.3 is 16.0 Å². The van der Waals surface area contributed by atoms with E-state index in [0.29, 0.717) is 35.9 Å². The van der Waals surface area contributed by atoms with Gasteiger partial charge in [-0.3, -0.25) is 14.7 Å². The van der Waals surface area contributed by atoms with Gasteiger partial charge in [0.1, 0.15) is 11.6 Å². The number of carbonyl (C=O) groups is 1. The smallest absolute Gasteiger partial charge is 0.320 e. The quantitative estimate of drug-likeness (QED) is 0.385. The zero-order valence-corrected chi connectivity index (χ0v) is 23.7. The van der Waals surface area contributed by atoms with Crippen molar-refractivity contribution in [1.82, 2.24) is 25.0 Å². The molecule has 2 unspecified atom stereocenters. The Morgan fingerprint density at radius 1 is 1.20 bits per heavy atom. The number of aliphatic imine (C=N–C) groups is 1. The number of nitrogens with zero attached hydrogens (tertiary/aromatic N) is 5. The Hall–Kier alpha value is -4.59. The first-order valence-corrected chi connectivity index (χ1v) is 13.5. The van der Waals surface area contributed by atoms with Gasteiger partial charge in [0, 0.05) is 47.7 Å². The molecule has 11 nitrogen and oxygen atoms in total. The number of rotatable bonds is 5. The van der Waals surface area contributed by atoms with Gasteiger partial charge in [0.15, 0.2) is 5.96 Å². The summed E-state index contributed by atoms with van der Waals surface area (Å²) in [6, 6.07) is 12.4. The highest BCUT2D eigenvalue weighted by Gasteiger charge is 2.42. The summed E-state index contributed by atoms with van der Waals surface area (Å²) in [5.41, 5.74) is 3.46. The SMILES string of the molecule is CNC1=NCc2cc(C3CC3NC(=O)Nc3cc(C(C)(C)C)nn3-c3ccc(C#N)cc3)c(=O)n(C(C)C)c2N1. The Kier molecular flexibility index (Phi) is 6.87. The second-order valence-electron chi connectivity index (χ2n) is 11.6. The van der Waals surface area contributed by atoms with E-state index in [1.807, 2.05) is 26.0 Å². The van der Waals surface area contributed by atoms with Gasteiger partial charge in [0.25, 0.3) is 5.56 Å². The summed E-state index contributed by atoms with van der Waals surface area (Å²) < 4.78 is 3.44. The third-order valence-corrected chi connectivity index (χ3v) is 7.20. The zero-order valence-electron chi connectivity index (χ0n) is 23.7. The molecule has 0 spiro atoms. The van der Waals surface area contributed by atoms with Gasteiger partial charge in [-0.05, 0) is 50.6 Å². The molecule has 1 saturated carbocycles. The highest BCUT2D eigenvalue weighted by Crippen LogP contribution is 2.41. The van der Waals surface area contributed by atoms with Crippen molar-refractivity contribution in [2.75, 3.05) is 17.7 Å². The maximum absolute atomic E-state index is 13.5. The molecule has 11 heteroatoms. The Bertz CT molecular complexity index is 1580. The van der Waals surface area contributed by atoms with Gasteiger partial charge in [-0.1, -0.05) is 20.8 Å². The van der Waals surface area contributed by atoms with Gasteiger partial charge in [-0.2, -0.15) is 10.4 Å². The number of nitrogens with one attached hydrogen (secondary N) is 4. The number of hydrogen-bond acceptors (Lipinski definition) is 7. The predicted octanol–water partition coefficient (Wildman–Crippen LogP) is 3.96. The molecule has 0 saturated heterocycles. The largest absolute Gasteiger partial charge is 0.359 e. The number of aromatic nitrogens is 3. The lowest BCUT2D eigenvalue weighted by atomic mass is 9.92. The van der Waals surface area contributed by atoms with E-state index in [1.165, 1.54) is 0 Å². The molecule has 1 aliphatic heterocycles. The van der Waals surface area contributed by atoms with Gasteiger partial charge in [0.2, 0.25) is 0 Å². The topological polar surface area (TPSA) is 141 Å². The van der Waals surface area contributed by atoms with Crippen molar-refractivity contribution >= 4 is 23.6 Å². The first-order valence-electron chi connectivity index (χ1n) is 13.5. The normalized spacial score (nSPS) is 17.8. The number of anilines is 2. The van der Waals surface area contributed by atoms with Crippen molar-refractivity contribution in [3.05, 3.63) is 69.1 Å². The number of hydrogen-bond donors (Lipinski definition) is 4. The molecule has 2 amide bonds. The van der Waals surface area contributed by atoms with E-state index in [9.17, 15) is 9.59 Å². The fraction of sp³-hybridized carbons (Fsp3) is 0.414. The molecule has 0 bridgehead atoms. The lowest BCUT2D eigenvalue weighted by Crippen LogP contribution is -2.37. The van der Waals surface area contributed by atoms with Crippen LogP contribution in [0.15, 0.2) is 46.2 Å². The number of amides is 2. The number of carbonyl (C=O) groups excluding carboxylic acids is 1. The summed E-state index contributed by atoms with van der Waals surface area (Å²) in [6.07, 6.45) is 0.681. The lowest BCUT2D eigenvalue weighted by molar-refractivity contribution is 0.251. The first-order chi connectivity index (χ1) is 19.0. The van der Waals surface area contributed by atoms with Crippen LogP contribution in [0.4, 0.5) is 16.4 Å². The van der Waals surface area contributed by atoms with E-state index in [-0.39, 0.29) is 35.0 Å². The molecule has 1 fully saturated rings. The standard InChI is InChI=1S/C29H35N9O2/c1-16(2)37-25-18(15-32-27(31-6)35-25)11-21(26(37)39)20-12-22(20)33-28(40)34-24-13-23(29(3,4)5)36-38(24)19-9-7-17(14-30)8-10-19/h7-11,13,16,20,22H,12,15H2,1-6H3,(H2,31,32,35)(H2,33,34,40). The Balaban J connectivity index is 1.35. The van der Waals surface area contributed by atoms with Gasteiger partial charge in [0.05, 0.1) is 29.6 Å². The summed E-state index contributed by atoms with van der Waals surface area (Å²) in [5, 5.41) is 26.1. The molecular weight excluding hydrogens is 506 g/mol. The molecule has 3 aromatic rings. The van der Waals surface area contributed by atoms with Gasteiger partial charge in [-0.15, -0.1) is 0 Å². The zero-order chi connectivity index (χ0) is 28.8. The fourth-order valence-electron chi connectivity index (χ4n) is 4.92. The summed E-state index contributed by atoms with van der Waals surface area (Å²) in [7, 11) is 1.79. The van der Waals surface area contributed by atoms with E-state index in [0.717, 1.165) is 22.8 Å². The average molecular weight is 542 g/mol. The fourth-order valence-corrected chi connectivity index (χ4v) is 4.92. The van der Waals surface area contributed by atoms with Crippen LogP contribution >= 0.6 is 0 Å². The van der Waals surface area contributed by atoms with Crippen molar-refractivity contribution in [1.29, 1.82) is 5.26 Å². The Morgan fingerprint density at radius 2 is 1.93 bits per heavy atom. The molecule has 2 aromatic heterocycles. The van der Waals surface area contributed by atoms with Crippen LogP contribution in [0.25, 0.3) is 5.69 Å². The number of fused-ring (bicyclic) bond motifs is 1. The minimum atomic E-state index is -0.366. The number of urea groups is 1. The number of guanidine groups is 1. The maximum atomic E-state index is 13.5. The summed E-state index contributed by atoms with van der Waals surface area (Å²) in [5.74, 6) is 1.84. The Labute approximate surface area is 233 Å². The summed E-state index contributed by atoms with van der Waals surface area (Å²) in [4.78, 5) is 31.1. The first kappa shape index (κ1) is 27.0. The van der Waals surface area contributed by atoms with Crippen molar-refractivity contribution in [3.8, 4) is 11.8 Å². The third kappa shape index (κ3) is 5.17. The summed E-state index contributed by atoms with van der Waals surface area (Å²) in [6.45, 7) is 10.6. The van der Waals surface area contributed by atoms with Crippen molar-refractivity contribution in [2.24, 2.45) is 4.99 Å². The van der Waals surface area contributed by atoms with Crippen LogP contribution in [-0.2, 0) is 12.0 Å². The molecule has 40 heavy (non-hydrogen) atoms. The number of nitriles is 1. The predicted molar refractivity (Wildman–Crippen MR) is 155 cm³/mol. The van der Waals surface area contributed by atoms with Crippen LogP contribution in [0, 0.1) is 11.3 Å². The second kappa shape index (κ2) is 10.2. The highest BCUT2D eigenvalue weighted by molar-refractivity contribution is 5.94. The van der Waals surface area contributed by atoms with E-state index >= 15 is 0 Å². The van der Waals surface area contributed by atoms with E-state index < -0.39 is 0 Å². The molecule has 2 atom stereocenters. The number of benzene rings is 1. The lowest BCUT2D eigenvalue weighted by Gasteiger charge is -2.25. The van der Waals surface area contributed by atoms with Crippen molar-refractivity contribution in [2.45, 2.75) is 71.0 Å². The molecule has 2 aliphatic rings. The molecular formula is C29H35N9O2. The van der Waals surface area contributed by atoms with Gasteiger partial charge in [-0.25, -0.2) is 14.5 Å². The van der Waals surface area contributed by atoms with Crippen LogP contribution in [0.1, 0.15) is 75.4 Å².